The molecule has 0 radical (unpaired) electrons. The van der Waals surface area contributed by atoms with Gasteiger partial charge in [0.1, 0.15) is 16.7 Å². The van der Waals surface area contributed by atoms with Crippen molar-refractivity contribution in [2.75, 3.05) is 39.1 Å². The fourth-order valence-electron chi connectivity index (χ4n) is 4.99. The Hall–Kier alpha value is -3.89. The topological polar surface area (TPSA) is 122 Å². The smallest absolute Gasteiger partial charge is 0.428 e. The van der Waals surface area contributed by atoms with Crippen molar-refractivity contribution in [3.63, 3.8) is 0 Å². The summed E-state index contributed by atoms with van der Waals surface area (Å²) in [5, 5.41) is 0.797. The lowest BCUT2D eigenvalue weighted by atomic mass is 10.0. The van der Waals surface area contributed by atoms with Gasteiger partial charge in [0.2, 0.25) is 5.88 Å². The highest BCUT2D eigenvalue weighted by Gasteiger charge is 2.22. The zero-order valence-electron chi connectivity index (χ0n) is 29.9. The first kappa shape index (κ1) is 38.6. The van der Waals surface area contributed by atoms with Crippen molar-refractivity contribution in [1.29, 1.82) is 0 Å². The highest BCUT2D eigenvalue weighted by Crippen LogP contribution is 2.31. The summed E-state index contributed by atoms with van der Waals surface area (Å²) >= 11 is 0. The zero-order valence-corrected chi connectivity index (χ0v) is 29.9. The minimum Gasteiger partial charge on any atom is -0.428 e. The van der Waals surface area contributed by atoms with Gasteiger partial charge < -0.3 is 34.3 Å². The number of hydrogen-bond donors (Lipinski definition) is 1. The third kappa shape index (κ3) is 14.9. The molecule has 3 aromatic rings. The van der Waals surface area contributed by atoms with Crippen LogP contribution >= 0.6 is 0 Å². The number of benzene rings is 2. The van der Waals surface area contributed by atoms with Crippen LogP contribution in [-0.2, 0) is 27.1 Å². The van der Waals surface area contributed by atoms with Gasteiger partial charge in [-0.15, -0.1) is 0 Å². The summed E-state index contributed by atoms with van der Waals surface area (Å²) in [6, 6.07) is 15.2. The van der Waals surface area contributed by atoms with E-state index in [0.717, 1.165) is 94.3 Å². The van der Waals surface area contributed by atoms with E-state index in [9.17, 15) is 9.59 Å². The van der Waals surface area contributed by atoms with Crippen LogP contribution in [0.5, 0.6) is 11.6 Å². The van der Waals surface area contributed by atoms with Crippen molar-refractivity contribution < 1.29 is 33.3 Å². The summed E-state index contributed by atoms with van der Waals surface area (Å²) in [4.78, 5) is 31.6. The van der Waals surface area contributed by atoms with Gasteiger partial charge in [-0.2, -0.15) is 0 Å². The summed E-state index contributed by atoms with van der Waals surface area (Å²) in [6.45, 7) is 14.0. The molecule has 48 heavy (non-hydrogen) atoms. The number of unbranched alkanes of at least 4 members (excludes halogenated alkanes) is 4. The molecule has 0 aliphatic rings. The third-order valence-corrected chi connectivity index (χ3v) is 7.37. The fraction of sp³-hybridized carbons (Fsp3) is 0.553. The van der Waals surface area contributed by atoms with E-state index in [1.165, 1.54) is 5.56 Å². The summed E-state index contributed by atoms with van der Waals surface area (Å²) < 4.78 is 27.3. The average molecular weight is 666 g/mol. The number of ether oxygens (including phenoxy) is 5. The molecule has 264 valence electrons. The minimum atomic E-state index is -0.865. The Bertz CT molecular complexity index is 1450. The van der Waals surface area contributed by atoms with E-state index in [0.29, 0.717) is 5.52 Å². The van der Waals surface area contributed by atoms with Gasteiger partial charge in [-0.25, -0.2) is 14.6 Å². The van der Waals surface area contributed by atoms with E-state index < -0.39 is 23.5 Å². The standard InChI is InChI=1S/C38H55N3O7/c1-37(2,3)47-35(42)45-32-21-17-29(31-20-22-33(40-34(31)32)46-36(43)48-38(4,5)6)23-25-41(7)24-11-8-9-12-26-44-27-13-10-14-28-15-18-30(39)19-16-28/h15-22H,8-14,23-27,39H2,1-7H3. The summed E-state index contributed by atoms with van der Waals surface area (Å²) in [7, 11) is 2.13. The normalized spacial score (nSPS) is 11.9. The maximum Gasteiger partial charge on any atom is 0.515 e. The number of rotatable bonds is 17. The predicted octanol–water partition coefficient (Wildman–Crippen LogP) is 8.52. The maximum atomic E-state index is 12.5. The number of carbonyl (C=O) groups is 2. The zero-order chi connectivity index (χ0) is 35.2. The molecule has 10 nitrogen and oxygen atoms in total. The quantitative estimate of drug-likeness (QED) is 0.0650. The van der Waals surface area contributed by atoms with Crippen molar-refractivity contribution >= 4 is 28.9 Å². The summed E-state index contributed by atoms with van der Waals surface area (Å²) in [5.41, 5.74) is 7.87. The van der Waals surface area contributed by atoms with Gasteiger partial charge in [0.25, 0.3) is 0 Å². The van der Waals surface area contributed by atoms with Crippen LogP contribution in [-0.4, -0.2) is 66.7 Å². The second-order valence-electron chi connectivity index (χ2n) is 14.2. The Labute approximate surface area is 286 Å². The lowest BCUT2D eigenvalue weighted by Crippen LogP contribution is -2.26. The van der Waals surface area contributed by atoms with E-state index in [-0.39, 0.29) is 11.6 Å². The number of aryl methyl sites for hydroxylation is 1. The number of nitrogens with two attached hydrogens (primary N) is 1. The van der Waals surface area contributed by atoms with Crippen LogP contribution in [0.25, 0.3) is 10.9 Å². The molecule has 2 aromatic carbocycles. The predicted molar refractivity (Wildman–Crippen MR) is 190 cm³/mol. The maximum absolute atomic E-state index is 12.5. The highest BCUT2D eigenvalue weighted by atomic mass is 16.7. The molecular formula is C38H55N3O7. The van der Waals surface area contributed by atoms with Crippen molar-refractivity contribution in [3.05, 3.63) is 59.7 Å². The number of aromatic nitrogens is 1. The first-order valence-electron chi connectivity index (χ1n) is 17.0. The van der Waals surface area contributed by atoms with Gasteiger partial charge >= 0.3 is 12.3 Å². The van der Waals surface area contributed by atoms with Crippen LogP contribution in [0.4, 0.5) is 15.3 Å². The molecule has 0 bridgehead atoms. The number of hydrogen-bond acceptors (Lipinski definition) is 10. The van der Waals surface area contributed by atoms with Gasteiger partial charge in [0, 0.05) is 36.9 Å². The number of likely N-dealkylation sites (N-methyl/N-ethyl adjacent to an activating group) is 1. The second kappa shape index (κ2) is 18.6. The monoisotopic (exact) mass is 665 g/mol. The lowest BCUT2D eigenvalue weighted by Gasteiger charge is -2.20. The van der Waals surface area contributed by atoms with Crippen molar-refractivity contribution in [1.82, 2.24) is 9.88 Å². The minimum absolute atomic E-state index is 0.0415. The fourth-order valence-corrected chi connectivity index (χ4v) is 4.99. The number of nitrogen functional groups attached to an aromatic ring is 1. The average Bonchev–Trinajstić information content (AvgIpc) is 2.98. The van der Waals surface area contributed by atoms with Crippen LogP contribution in [0, 0.1) is 0 Å². The Kier molecular flexibility index (Phi) is 14.9. The Morgan fingerprint density at radius 2 is 1.33 bits per heavy atom. The Morgan fingerprint density at radius 3 is 2.00 bits per heavy atom. The molecule has 10 heteroatoms. The molecule has 2 N–H and O–H groups in total. The summed E-state index contributed by atoms with van der Waals surface area (Å²) in [6.07, 6.45) is 6.83. The number of nitrogens with zero attached hydrogens (tertiary/aromatic N) is 2. The molecule has 0 atom stereocenters. The van der Waals surface area contributed by atoms with Crippen LogP contribution in [0.1, 0.15) is 91.2 Å². The Morgan fingerprint density at radius 1 is 0.708 bits per heavy atom. The molecule has 0 unspecified atom stereocenters. The number of anilines is 1. The lowest BCUT2D eigenvalue weighted by molar-refractivity contribution is 0.0184. The van der Waals surface area contributed by atoms with Gasteiger partial charge in [-0.05, 0) is 129 Å². The SMILES string of the molecule is CN(CCCCCCOCCCCc1ccc(N)cc1)CCc1ccc(OC(=O)OC(C)(C)C)c2nc(OC(=O)OC(C)(C)C)ccc12. The largest absolute Gasteiger partial charge is 0.515 e. The first-order valence-corrected chi connectivity index (χ1v) is 17.0. The van der Waals surface area contributed by atoms with Gasteiger partial charge in [-0.3, -0.25) is 0 Å². The Balaban J connectivity index is 1.44. The molecule has 1 heterocycles. The molecule has 0 spiro atoms. The van der Waals surface area contributed by atoms with Crippen LogP contribution in [0.2, 0.25) is 0 Å². The number of fused-ring (bicyclic) bond motifs is 1. The van der Waals surface area contributed by atoms with E-state index in [1.54, 1.807) is 53.7 Å². The first-order chi connectivity index (χ1) is 22.7. The van der Waals surface area contributed by atoms with Crippen LogP contribution in [0.15, 0.2) is 48.5 Å². The highest BCUT2D eigenvalue weighted by molar-refractivity contribution is 5.89. The van der Waals surface area contributed by atoms with E-state index in [1.807, 2.05) is 24.3 Å². The number of carbonyl (C=O) groups excluding carboxylic acids is 2. The molecule has 0 fully saturated rings. The van der Waals surface area contributed by atoms with Gasteiger partial charge in [0.15, 0.2) is 5.75 Å². The molecule has 0 saturated carbocycles. The molecule has 0 aliphatic carbocycles. The van der Waals surface area contributed by atoms with Gasteiger partial charge in [0.05, 0.1) is 0 Å². The van der Waals surface area contributed by atoms with Crippen molar-refractivity contribution in [3.8, 4) is 11.6 Å². The van der Waals surface area contributed by atoms with Crippen molar-refractivity contribution in [2.24, 2.45) is 0 Å². The molecule has 3 rings (SSSR count). The molecule has 0 amide bonds. The second-order valence-corrected chi connectivity index (χ2v) is 14.2. The molecule has 0 aliphatic heterocycles. The number of pyridine rings is 1. The summed E-state index contributed by atoms with van der Waals surface area (Å²) in [5.74, 6) is 0.257. The molecular weight excluding hydrogens is 610 g/mol. The van der Waals surface area contributed by atoms with Gasteiger partial charge in [-0.1, -0.05) is 31.0 Å². The van der Waals surface area contributed by atoms with Crippen molar-refractivity contribution in [2.45, 2.75) is 104 Å². The van der Waals surface area contributed by atoms with E-state index in [4.69, 9.17) is 29.4 Å². The van der Waals surface area contributed by atoms with E-state index in [2.05, 4.69) is 29.1 Å². The third-order valence-electron chi connectivity index (χ3n) is 7.37. The van der Waals surface area contributed by atoms with Crippen LogP contribution < -0.4 is 15.2 Å². The van der Waals surface area contributed by atoms with Crippen LogP contribution in [0.3, 0.4) is 0 Å². The molecule has 1 aromatic heterocycles. The molecule has 0 saturated heterocycles. The van der Waals surface area contributed by atoms with E-state index >= 15 is 0 Å².